The Balaban J connectivity index is 1.52. The van der Waals surface area contributed by atoms with Gasteiger partial charge in [-0.2, -0.15) is 0 Å². The van der Waals surface area contributed by atoms with E-state index in [1.54, 1.807) is 36.5 Å². The molecule has 0 atom stereocenters. The van der Waals surface area contributed by atoms with Crippen LogP contribution in [0.5, 0.6) is 0 Å². The maximum Gasteiger partial charge on any atom is 0.337 e. The zero-order chi connectivity index (χ0) is 26.6. The molecule has 3 N–H and O–H groups in total. The Labute approximate surface area is 223 Å². The molecule has 0 radical (unpaired) electrons. The van der Waals surface area contributed by atoms with E-state index < -0.39 is 11.9 Å². The normalized spacial score (nSPS) is 10.8. The Morgan fingerprint density at radius 2 is 1.66 bits per heavy atom. The van der Waals surface area contributed by atoms with E-state index in [1.165, 1.54) is 7.11 Å². The van der Waals surface area contributed by atoms with Crippen molar-refractivity contribution in [2.24, 2.45) is 0 Å². The summed E-state index contributed by atoms with van der Waals surface area (Å²) in [5.74, 6) is -0.916. The van der Waals surface area contributed by atoms with Gasteiger partial charge in [0.1, 0.15) is 0 Å². The van der Waals surface area contributed by atoms with Crippen molar-refractivity contribution in [1.29, 1.82) is 0 Å². The number of carbonyl (C=O) groups is 2. The minimum Gasteiger partial charge on any atom is -0.465 e. The average molecular weight is 524 g/mol. The molecular weight excluding hydrogens is 502 g/mol. The minimum atomic E-state index is -0.485. The third-order valence-electron chi connectivity index (χ3n) is 5.95. The Kier molecular flexibility index (Phi) is 6.97. The van der Waals surface area contributed by atoms with Crippen LogP contribution < -0.4 is 11.1 Å². The number of methoxy groups -OCH3 is 1. The summed E-state index contributed by atoms with van der Waals surface area (Å²) in [6.07, 6.45) is 1.68. The van der Waals surface area contributed by atoms with E-state index >= 15 is 0 Å². The van der Waals surface area contributed by atoms with Gasteiger partial charge in [-0.3, -0.25) is 9.78 Å². The van der Waals surface area contributed by atoms with Crippen LogP contribution >= 0.6 is 11.6 Å². The van der Waals surface area contributed by atoms with Crippen LogP contribution in [0.2, 0.25) is 5.02 Å². The summed E-state index contributed by atoms with van der Waals surface area (Å²) >= 11 is 6.56. The maximum absolute atomic E-state index is 13.2. The number of anilines is 1. The Bertz CT molecular complexity index is 1660. The summed E-state index contributed by atoms with van der Waals surface area (Å²) in [5.41, 5.74) is 10.6. The first kappa shape index (κ1) is 24.9. The molecule has 3 aromatic carbocycles. The van der Waals surface area contributed by atoms with Crippen molar-refractivity contribution in [2.45, 2.75) is 6.54 Å². The highest BCUT2D eigenvalue weighted by Crippen LogP contribution is 2.34. The number of fused-ring (bicyclic) bond motifs is 1. The number of nitrogens with one attached hydrogen (secondary N) is 1. The molecule has 5 rings (SSSR count). The van der Waals surface area contributed by atoms with Crippen LogP contribution in [0.4, 0.5) is 5.82 Å². The largest absolute Gasteiger partial charge is 0.465 e. The number of rotatable bonds is 6. The van der Waals surface area contributed by atoms with Crippen molar-refractivity contribution in [3.05, 3.63) is 107 Å². The quantitative estimate of drug-likeness (QED) is 0.289. The number of aromatic nitrogens is 3. The zero-order valence-corrected chi connectivity index (χ0v) is 21.1. The van der Waals surface area contributed by atoms with E-state index in [9.17, 15) is 9.59 Å². The van der Waals surface area contributed by atoms with Crippen LogP contribution in [0.1, 0.15) is 26.4 Å². The molecule has 38 heavy (non-hydrogen) atoms. The monoisotopic (exact) mass is 523 g/mol. The molecule has 2 aromatic heterocycles. The lowest BCUT2D eigenvalue weighted by Gasteiger charge is -2.14. The molecule has 2 heterocycles. The second-order valence-electron chi connectivity index (χ2n) is 8.43. The second-order valence-corrected chi connectivity index (χ2v) is 8.83. The van der Waals surface area contributed by atoms with Crippen molar-refractivity contribution in [3.63, 3.8) is 0 Å². The topological polar surface area (TPSA) is 120 Å². The number of amides is 1. The fraction of sp³-hybridized carbons (Fsp3) is 0.0690. The smallest absolute Gasteiger partial charge is 0.337 e. The van der Waals surface area contributed by atoms with E-state index in [2.05, 4.69) is 20.3 Å². The summed E-state index contributed by atoms with van der Waals surface area (Å²) in [6.45, 7) is 0.199. The van der Waals surface area contributed by atoms with Crippen LogP contribution in [0.15, 0.2) is 85.1 Å². The first-order valence-corrected chi connectivity index (χ1v) is 12.1. The number of nitrogens with two attached hydrogens (primary N) is 1. The minimum absolute atomic E-state index is 0.000282. The van der Waals surface area contributed by atoms with Gasteiger partial charge in [0.2, 0.25) is 0 Å². The highest BCUT2D eigenvalue weighted by molar-refractivity contribution is 6.35. The number of benzene rings is 3. The highest BCUT2D eigenvalue weighted by Gasteiger charge is 2.21. The molecule has 5 aromatic rings. The Hall–Kier alpha value is -4.82. The molecule has 188 valence electrons. The third-order valence-corrected chi connectivity index (χ3v) is 6.23. The molecule has 0 unspecified atom stereocenters. The van der Waals surface area contributed by atoms with E-state index in [4.69, 9.17) is 22.1 Å². The van der Waals surface area contributed by atoms with Crippen LogP contribution in [0.3, 0.4) is 0 Å². The number of halogens is 1. The van der Waals surface area contributed by atoms with E-state index in [1.807, 2.05) is 48.5 Å². The number of hydrogen-bond acceptors (Lipinski definition) is 7. The number of pyridine rings is 1. The summed E-state index contributed by atoms with van der Waals surface area (Å²) in [5, 5.41) is 4.11. The molecular formula is C29H22ClN5O3. The van der Waals surface area contributed by atoms with Crippen LogP contribution in [-0.2, 0) is 11.3 Å². The first-order valence-electron chi connectivity index (χ1n) is 11.7. The standard InChI is InChI=1S/C29H22ClN5O3/c1-38-29(37)19-11-9-17(10-12-19)16-33-28(36)26-27(31)35-24(18-6-3-2-4-7-18)25(34-26)21-14-20-8-5-13-32-23(20)22(30)15-21/h2-15H,16H2,1H3,(H2,31,35)(H,33,36). The molecule has 9 heteroatoms. The predicted molar refractivity (Wildman–Crippen MR) is 147 cm³/mol. The third kappa shape index (κ3) is 5.02. The number of ether oxygens (including phenoxy) is 1. The number of nitrogens with zero attached hydrogens (tertiary/aromatic N) is 3. The number of nitrogen functional groups attached to an aromatic ring is 1. The molecule has 0 fully saturated rings. The molecule has 0 saturated heterocycles. The van der Waals surface area contributed by atoms with Crippen molar-refractivity contribution in [2.75, 3.05) is 12.8 Å². The van der Waals surface area contributed by atoms with Gasteiger partial charge < -0.3 is 15.8 Å². The summed E-state index contributed by atoms with van der Waals surface area (Å²) in [4.78, 5) is 38.4. The number of esters is 1. The number of carbonyl (C=O) groups excluding carboxylic acids is 2. The molecule has 1 amide bonds. The van der Waals surface area contributed by atoms with Gasteiger partial charge in [-0.15, -0.1) is 0 Å². The van der Waals surface area contributed by atoms with Gasteiger partial charge in [-0.25, -0.2) is 14.8 Å². The van der Waals surface area contributed by atoms with Gasteiger partial charge in [0.25, 0.3) is 5.91 Å². The average Bonchev–Trinajstić information content (AvgIpc) is 2.96. The van der Waals surface area contributed by atoms with Gasteiger partial charge in [-0.05, 0) is 35.9 Å². The molecule has 0 bridgehead atoms. The summed E-state index contributed by atoms with van der Waals surface area (Å²) in [7, 11) is 1.32. The lowest BCUT2D eigenvalue weighted by molar-refractivity contribution is 0.0600. The van der Waals surface area contributed by atoms with Crippen molar-refractivity contribution in [3.8, 4) is 22.5 Å². The van der Waals surface area contributed by atoms with Crippen LogP contribution in [0.25, 0.3) is 33.4 Å². The van der Waals surface area contributed by atoms with Gasteiger partial charge in [0, 0.05) is 29.3 Å². The highest BCUT2D eigenvalue weighted by atomic mass is 35.5. The van der Waals surface area contributed by atoms with Crippen LogP contribution in [0, 0.1) is 0 Å². The summed E-state index contributed by atoms with van der Waals surface area (Å²) < 4.78 is 4.72. The van der Waals surface area contributed by atoms with Gasteiger partial charge in [0.05, 0.1) is 34.6 Å². The van der Waals surface area contributed by atoms with Crippen LogP contribution in [-0.4, -0.2) is 33.9 Å². The molecule has 0 aliphatic carbocycles. The molecule has 0 saturated carbocycles. The van der Waals surface area contributed by atoms with Gasteiger partial charge in [0.15, 0.2) is 11.5 Å². The Morgan fingerprint density at radius 1 is 0.921 bits per heavy atom. The molecule has 0 spiro atoms. The lowest BCUT2D eigenvalue weighted by atomic mass is 10.0. The van der Waals surface area contributed by atoms with E-state index in [0.29, 0.717) is 33.1 Å². The van der Waals surface area contributed by atoms with Crippen molar-refractivity contribution >= 4 is 40.2 Å². The van der Waals surface area contributed by atoms with Gasteiger partial charge >= 0.3 is 5.97 Å². The molecule has 8 nitrogen and oxygen atoms in total. The van der Waals surface area contributed by atoms with E-state index in [-0.39, 0.29) is 18.1 Å². The second kappa shape index (κ2) is 10.7. The van der Waals surface area contributed by atoms with Crippen molar-refractivity contribution in [1.82, 2.24) is 20.3 Å². The SMILES string of the molecule is COC(=O)c1ccc(CNC(=O)c2nc(-c3cc(Cl)c4ncccc4c3)c(-c3ccccc3)nc2N)cc1. The van der Waals surface area contributed by atoms with E-state index in [0.717, 1.165) is 16.5 Å². The lowest BCUT2D eigenvalue weighted by Crippen LogP contribution is -2.26. The number of hydrogen-bond donors (Lipinski definition) is 2. The van der Waals surface area contributed by atoms with Crippen molar-refractivity contribution < 1.29 is 14.3 Å². The maximum atomic E-state index is 13.2. The Morgan fingerprint density at radius 3 is 2.39 bits per heavy atom. The fourth-order valence-electron chi connectivity index (χ4n) is 4.04. The fourth-order valence-corrected chi connectivity index (χ4v) is 4.32. The van der Waals surface area contributed by atoms with Gasteiger partial charge in [-0.1, -0.05) is 60.1 Å². The molecule has 0 aliphatic rings. The summed E-state index contributed by atoms with van der Waals surface area (Å²) in [6, 6.07) is 23.6. The predicted octanol–water partition coefficient (Wildman–Crippen LogP) is 5.31. The zero-order valence-electron chi connectivity index (χ0n) is 20.3. The first-order chi connectivity index (χ1) is 18.4. The molecule has 0 aliphatic heterocycles.